The molecule has 0 aliphatic heterocycles. The molecule has 2 N–H and O–H groups in total. The van der Waals surface area contributed by atoms with Crippen LogP contribution in [0.15, 0.2) is 73.1 Å². The minimum absolute atomic E-state index is 0. The summed E-state index contributed by atoms with van der Waals surface area (Å²) in [7, 11) is 0. The van der Waals surface area contributed by atoms with E-state index in [1.165, 1.54) is 121 Å². The lowest BCUT2D eigenvalue weighted by Crippen LogP contribution is -2.19. The second-order valence-corrected chi connectivity index (χ2v) is 14.3. The first-order valence-corrected chi connectivity index (χ1v) is 19.9. The zero-order valence-electron chi connectivity index (χ0n) is 31.3. The minimum atomic E-state index is 0. The standard InChI is InChI=1S/C44H60N6.ClH/c1-3-5-7-9-11-19-27-49-41-23-15-13-21-37(41)39-29-35(47-33-43(39)49)31-45-25-17-18-26-46-32-36-30-40-38-22-14-16-24-42(38)50(44(40)34-48-36)28-20-12-10-8-6-4-2;/h13-16,21-24,29-30,33-34,45-46H,3-12,17-20,25-28,31-32H2,1-2H3;1H. The molecule has 0 radical (unpaired) electrons. The number of benzene rings is 2. The van der Waals surface area contributed by atoms with Crippen LogP contribution in [-0.4, -0.2) is 32.2 Å². The summed E-state index contributed by atoms with van der Waals surface area (Å²) in [5.74, 6) is 0. The highest BCUT2D eigenvalue weighted by Crippen LogP contribution is 2.31. The summed E-state index contributed by atoms with van der Waals surface area (Å²) >= 11 is 0. The maximum absolute atomic E-state index is 4.88. The van der Waals surface area contributed by atoms with Crippen LogP contribution in [0.4, 0.5) is 0 Å². The molecule has 4 aromatic heterocycles. The highest BCUT2D eigenvalue weighted by molar-refractivity contribution is 6.08. The van der Waals surface area contributed by atoms with Crippen LogP contribution in [0.3, 0.4) is 0 Å². The maximum atomic E-state index is 4.88. The van der Waals surface area contributed by atoms with Crippen molar-refractivity contribution in [1.82, 2.24) is 29.7 Å². The van der Waals surface area contributed by atoms with E-state index in [2.05, 4.69) is 107 Å². The molecule has 6 nitrogen and oxygen atoms in total. The smallest absolute Gasteiger partial charge is 0.0678 e. The Morgan fingerprint density at radius 3 is 1.33 bits per heavy atom. The number of aromatic nitrogens is 4. The van der Waals surface area contributed by atoms with Gasteiger partial charge >= 0.3 is 0 Å². The fraction of sp³-hybridized carbons (Fsp3) is 0.500. The van der Waals surface area contributed by atoms with Gasteiger partial charge in [0, 0.05) is 58.8 Å². The fourth-order valence-corrected chi connectivity index (χ4v) is 7.69. The van der Waals surface area contributed by atoms with Gasteiger partial charge in [-0.05, 0) is 63.0 Å². The van der Waals surface area contributed by atoms with E-state index < -0.39 is 0 Å². The van der Waals surface area contributed by atoms with Gasteiger partial charge in [0.15, 0.2) is 0 Å². The number of rotatable bonds is 23. The number of para-hydroxylation sites is 2. The Morgan fingerprint density at radius 2 is 0.882 bits per heavy atom. The van der Waals surface area contributed by atoms with Gasteiger partial charge in [-0.2, -0.15) is 0 Å². The molecule has 6 rings (SSSR count). The molecule has 0 aliphatic rings. The SMILES string of the molecule is CCCCCCCCn1c2ccccc2c2cc(CNCCCCNCc3cc4c5ccccc5n(CCCCCCCC)c4cn3)ncc21.Cl. The van der Waals surface area contributed by atoms with E-state index in [-0.39, 0.29) is 12.4 Å². The van der Waals surface area contributed by atoms with Gasteiger partial charge in [0.1, 0.15) is 0 Å². The second kappa shape index (κ2) is 20.6. The van der Waals surface area contributed by atoms with Crippen LogP contribution in [0.5, 0.6) is 0 Å². The third-order valence-electron chi connectivity index (χ3n) is 10.5. The monoisotopic (exact) mass is 708 g/mol. The van der Waals surface area contributed by atoms with Crippen molar-refractivity contribution in [3.05, 3.63) is 84.4 Å². The summed E-state index contributed by atoms with van der Waals surface area (Å²) in [6.07, 6.45) is 22.2. The van der Waals surface area contributed by atoms with Crippen molar-refractivity contribution in [2.24, 2.45) is 0 Å². The van der Waals surface area contributed by atoms with Crippen molar-refractivity contribution < 1.29 is 0 Å². The molecule has 0 atom stereocenters. The summed E-state index contributed by atoms with van der Waals surface area (Å²) in [4.78, 5) is 9.76. The van der Waals surface area contributed by atoms with Crippen molar-refractivity contribution in [1.29, 1.82) is 0 Å². The van der Waals surface area contributed by atoms with Gasteiger partial charge in [-0.25, -0.2) is 0 Å². The number of nitrogens with one attached hydrogen (secondary N) is 2. The molecule has 0 bridgehead atoms. The predicted octanol–water partition coefficient (Wildman–Crippen LogP) is 11.5. The van der Waals surface area contributed by atoms with Gasteiger partial charge in [-0.3, -0.25) is 9.97 Å². The zero-order valence-corrected chi connectivity index (χ0v) is 32.1. The lowest BCUT2D eigenvalue weighted by molar-refractivity contribution is 0.570. The average Bonchev–Trinajstić information content (AvgIpc) is 3.63. The van der Waals surface area contributed by atoms with Crippen molar-refractivity contribution >= 4 is 56.0 Å². The molecular weight excluding hydrogens is 648 g/mol. The molecule has 0 unspecified atom stereocenters. The number of hydrogen-bond donors (Lipinski definition) is 2. The largest absolute Gasteiger partial charge is 0.339 e. The summed E-state index contributed by atoms with van der Waals surface area (Å²) < 4.78 is 4.98. The third-order valence-corrected chi connectivity index (χ3v) is 10.5. The Balaban J connectivity index is 0.00000504. The molecule has 0 amide bonds. The Bertz CT molecular complexity index is 1780. The van der Waals surface area contributed by atoms with Crippen molar-refractivity contribution in [2.75, 3.05) is 13.1 Å². The summed E-state index contributed by atoms with van der Waals surface area (Å²) in [6, 6.07) is 22.3. The van der Waals surface area contributed by atoms with Crippen LogP contribution >= 0.6 is 12.4 Å². The Morgan fingerprint density at radius 1 is 0.471 bits per heavy atom. The van der Waals surface area contributed by atoms with Gasteiger partial charge in [0.25, 0.3) is 0 Å². The number of nitrogens with zero attached hydrogens (tertiary/aromatic N) is 4. The molecule has 0 aliphatic carbocycles. The molecule has 2 aromatic carbocycles. The topological polar surface area (TPSA) is 59.7 Å². The molecule has 51 heavy (non-hydrogen) atoms. The van der Waals surface area contributed by atoms with Crippen LogP contribution in [0, 0.1) is 0 Å². The molecule has 6 aromatic rings. The van der Waals surface area contributed by atoms with Gasteiger partial charge in [0.05, 0.1) is 34.8 Å². The van der Waals surface area contributed by atoms with Gasteiger partial charge in [-0.1, -0.05) is 114 Å². The van der Waals surface area contributed by atoms with E-state index in [0.29, 0.717) is 0 Å². The minimum Gasteiger partial charge on any atom is -0.339 e. The van der Waals surface area contributed by atoms with E-state index in [9.17, 15) is 0 Å². The Labute approximate surface area is 312 Å². The first kappa shape index (κ1) is 38.8. The van der Waals surface area contributed by atoms with E-state index in [0.717, 1.165) is 63.5 Å². The normalized spacial score (nSPS) is 11.7. The third kappa shape index (κ3) is 10.1. The number of unbranched alkanes of at least 4 members (excludes halogenated alkanes) is 11. The van der Waals surface area contributed by atoms with E-state index in [1.807, 2.05) is 0 Å². The summed E-state index contributed by atoms with van der Waals surface area (Å²) in [5.41, 5.74) is 7.44. The number of aryl methyl sites for hydroxylation is 2. The Hall–Kier alpha value is -3.45. The van der Waals surface area contributed by atoms with Crippen LogP contribution in [0.25, 0.3) is 43.6 Å². The Kier molecular flexibility index (Phi) is 15.6. The first-order valence-electron chi connectivity index (χ1n) is 19.9. The highest BCUT2D eigenvalue weighted by Gasteiger charge is 2.13. The van der Waals surface area contributed by atoms with E-state index >= 15 is 0 Å². The molecule has 7 heteroatoms. The number of halogens is 1. The number of pyridine rings is 2. The predicted molar refractivity (Wildman–Crippen MR) is 221 cm³/mol. The second-order valence-electron chi connectivity index (χ2n) is 14.3. The summed E-state index contributed by atoms with van der Waals surface area (Å²) in [5, 5.41) is 12.6. The lowest BCUT2D eigenvalue weighted by atomic mass is 10.1. The van der Waals surface area contributed by atoms with Gasteiger partial charge in [0.2, 0.25) is 0 Å². The average molecular weight is 709 g/mol. The quantitative estimate of drug-likeness (QED) is 0.0651. The molecule has 0 saturated heterocycles. The van der Waals surface area contributed by atoms with Crippen LogP contribution in [0.1, 0.15) is 115 Å². The summed E-state index contributed by atoms with van der Waals surface area (Å²) in [6.45, 7) is 10.3. The zero-order chi connectivity index (χ0) is 34.4. The molecule has 4 heterocycles. The van der Waals surface area contributed by atoms with Crippen LogP contribution < -0.4 is 10.6 Å². The number of fused-ring (bicyclic) bond motifs is 6. The molecule has 0 fully saturated rings. The maximum Gasteiger partial charge on any atom is 0.0678 e. The lowest BCUT2D eigenvalue weighted by Gasteiger charge is -2.09. The van der Waals surface area contributed by atoms with Crippen LogP contribution in [0.2, 0.25) is 0 Å². The van der Waals surface area contributed by atoms with E-state index in [1.54, 1.807) is 0 Å². The first-order chi connectivity index (χ1) is 24.8. The van der Waals surface area contributed by atoms with Crippen molar-refractivity contribution in [3.63, 3.8) is 0 Å². The van der Waals surface area contributed by atoms with Crippen LogP contribution in [-0.2, 0) is 26.2 Å². The fourth-order valence-electron chi connectivity index (χ4n) is 7.69. The van der Waals surface area contributed by atoms with Gasteiger partial charge in [-0.15, -0.1) is 12.4 Å². The highest BCUT2D eigenvalue weighted by atomic mass is 35.5. The van der Waals surface area contributed by atoms with E-state index in [4.69, 9.17) is 9.97 Å². The molecule has 0 saturated carbocycles. The van der Waals surface area contributed by atoms with Crippen molar-refractivity contribution in [3.8, 4) is 0 Å². The van der Waals surface area contributed by atoms with Crippen molar-refractivity contribution in [2.45, 2.75) is 130 Å². The molecule has 274 valence electrons. The molecule has 0 spiro atoms. The van der Waals surface area contributed by atoms with Gasteiger partial charge < -0.3 is 19.8 Å². The molecular formula is C44H61ClN6. The number of hydrogen-bond acceptors (Lipinski definition) is 4.